The number of hydrogen-bond acceptors (Lipinski definition) is 5. The number of nitrogens with two attached hydrogens (primary N) is 1. The first-order valence-corrected chi connectivity index (χ1v) is 13.6. The van der Waals surface area contributed by atoms with E-state index in [2.05, 4.69) is 5.32 Å². The Bertz CT molecular complexity index is 1210. The molecule has 0 bridgehead atoms. The predicted octanol–water partition coefficient (Wildman–Crippen LogP) is 2.92. The van der Waals surface area contributed by atoms with Gasteiger partial charge in [-0.25, -0.2) is 13.5 Å². The molecule has 216 valence electrons. The number of amides is 2. The Kier molecular flexibility index (Phi) is 10.9. The van der Waals surface area contributed by atoms with Gasteiger partial charge in [0.05, 0.1) is 6.10 Å². The zero-order valence-corrected chi connectivity index (χ0v) is 23.0. The summed E-state index contributed by atoms with van der Waals surface area (Å²) < 4.78 is 28.7. The highest BCUT2D eigenvalue weighted by molar-refractivity contribution is 6.12. The van der Waals surface area contributed by atoms with Crippen LogP contribution in [0.2, 0.25) is 0 Å². The van der Waals surface area contributed by atoms with Gasteiger partial charge in [0.1, 0.15) is 22.6 Å². The number of nitrogens with zero attached hydrogens (tertiary/aromatic N) is 2. The number of benzene rings is 2. The molecule has 0 spiro atoms. The lowest BCUT2D eigenvalue weighted by molar-refractivity contribution is -0.469. The van der Waals surface area contributed by atoms with Gasteiger partial charge in [-0.3, -0.25) is 9.59 Å². The van der Waals surface area contributed by atoms with Gasteiger partial charge in [0.15, 0.2) is 12.8 Å². The fourth-order valence-electron chi connectivity index (χ4n) is 5.28. The third-order valence-electron chi connectivity index (χ3n) is 7.12. The quantitative estimate of drug-likeness (QED) is 0.244. The molecule has 0 aromatic heterocycles. The summed E-state index contributed by atoms with van der Waals surface area (Å²) in [6.45, 7) is 4.71. The van der Waals surface area contributed by atoms with E-state index in [9.17, 15) is 28.7 Å². The largest absolute Gasteiger partial charge is 0.624 e. The van der Waals surface area contributed by atoms with Gasteiger partial charge in [0.25, 0.3) is 5.91 Å². The Balaban J connectivity index is 2.03. The van der Waals surface area contributed by atoms with Crippen LogP contribution < -0.4 is 11.1 Å². The van der Waals surface area contributed by atoms with E-state index in [1.54, 1.807) is 4.90 Å². The highest BCUT2D eigenvalue weighted by Gasteiger charge is 2.51. The van der Waals surface area contributed by atoms with Crippen LogP contribution in [0, 0.1) is 28.2 Å². The van der Waals surface area contributed by atoms with Gasteiger partial charge in [-0.15, -0.1) is 0 Å². The van der Waals surface area contributed by atoms with Crippen molar-refractivity contribution in [3.8, 4) is 0 Å². The summed E-state index contributed by atoms with van der Waals surface area (Å²) in [5.41, 5.74) is 5.25. The summed E-state index contributed by atoms with van der Waals surface area (Å²) in [6, 6.07) is 12.4. The van der Waals surface area contributed by atoms with Crippen LogP contribution in [0.15, 0.2) is 60.2 Å². The van der Waals surface area contributed by atoms with Crippen LogP contribution >= 0.6 is 0 Å². The van der Waals surface area contributed by atoms with Crippen LogP contribution in [-0.2, 0) is 22.6 Å². The minimum absolute atomic E-state index is 0.0100. The first kappa shape index (κ1) is 30.9. The maximum atomic E-state index is 14.1. The van der Waals surface area contributed by atoms with Crippen molar-refractivity contribution in [2.24, 2.45) is 17.1 Å². The minimum Gasteiger partial charge on any atom is -0.624 e. The van der Waals surface area contributed by atoms with Gasteiger partial charge in [-0.2, -0.15) is 0 Å². The first-order chi connectivity index (χ1) is 19.1. The smallest absolute Gasteiger partial charge is 0.259 e. The lowest BCUT2D eigenvalue weighted by Gasteiger charge is -2.39. The molecule has 10 heteroatoms. The molecule has 1 unspecified atom stereocenters. The van der Waals surface area contributed by atoms with Crippen molar-refractivity contribution in [3.63, 3.8) is 0 Å². The number of aliphatic hydroxyl groups excluding tert-OH is 1. The molecular formula is C30H38F2N4O4. The number of primary amides is 1. The van der Waals surface area contributed by atoms with Crippen molar-refractivity contribution in [1.29, 1.82) is 0 Å². The molecule has 1 heterocycles. The van der Waals surface area contributed by atoms with Crippen LogP contribution in [0.3, 0.4) is 0 Å². The molecule has 1 aliphatic rings. The second-order valence-corrected chi connectivity index (χ2v) is 10.3. The topological polar surface area (TPSA) is 122 Å². The van der Waals surface area contributed by atoms with Crippen LogP contribution in [0.5, 0.6) is 0 Å². The van der Waals surface area contributed by atoms with Crippen molar-refractivity contribution in [1.82, 2.24) is 10.2 Å². The molecule has 2 aromatic rings. The van der Waals surface area contributed by atoms with E-state index in [-0.39, 0.29) is 24.1 Å². The third-order valence-corrected chi connectivity index (χ3v) is 7.12. The van der Waals surface area contributed by atoms with Crippen molar-refractivity contribution >= 4 is 18.0 Å². The molecular weight excluding hydrogens is 518 g/mol. The SMILES string of the molecule is CCCN(CCC)C(=O)C1=CC(C(N)=O)([C@H](Cc2cc(F)cc(F)c2)[C@@H](O)CNCc2ccccc2)C[N+]([O-])=C1. The zero-order chi connectivity index (χ0) is 29.3. The molecule has 3 atom stereocenters. The van der Waals surface area contributed by atoms with E-state index >= 15 is 0 Å². The van der Waals surface area contributed by atoms with Crippen molar-refractivity contribution in [2.45, 2.75) is 45.8 Å². The van der Waals surface area contributed by atoms with Crippen LogP contribution in [0.4, 0.5) is 8.78 Å². The zero-order valence-electron chi connectivity index (χ0n) is 23.0. The second-order valence-electron chi connectivity index (χ2n) is 10.3. The van der Waals surface area contributed by atoms with Crippen LogP contribution in [-0.4, -0.2) is 65.1 Å². The normalized spacial score (nSPS) is 18.4. The van der Waals surface area contributed by atoms with Crippen molar-refractivity contribution in [3.05, 3.63) is 88.1 Å². The molecule has 2 amide bonds. The van der Waals surface area contributed by atoms with Gasteiger partial charge in [-0.05, 0) is 48.6 Å². The number of halogens is 2. The predicted molar refractivity (Wildman–Crippen MR) is 149 cm³/mol. The van der Waals surface area contributed by atoms with E-state index < -0.39 is 47.4 Å². The number of carbonyl (C=O) groups excluding carboxylic acids is 2. The third kappa shape index (κ3) is 7.73. The number of rotatable bonds is 14. The highest BCUT2D eigenvalue weighted by atomic mass is 19.1. The average molecular weight is 557 g/mol. The first-order valence-electron chi connectivity index (χ1n) is 13.6. The molecule has 4 N–H and O–H groups in total. The molecule has 0 saturated heterocycles. The molecule has 2 aromatic carbocycles. The average Bonchev–Trinajstić information content (AvgIpc) is 2.90. The van der Waals surface area contributed by atoms with Gasteiger partial charge < -0.3 is 26.3 Å². The molecule has 0 aliphatic carbocycles. The molecule has 40 heavy (non-hydrogen) atoms. The monoisotopic (exact) mass is 556 g/mol. The number of nitrogens with one attached hydrogen (secondary N) is 1. The molecule has 0 radical (unpaired) electrons. The Morgan fingerprint density at radius 1 is 1.10 bits per heavy atom. The van der Waals surface area contributed by atoms with Crippen molar-refractivity contribution < 1.29 is 28.2 Å². The maximum absolute atomic E-state index is 14.1. The number of carbonyl (C=O) groups is 2. The summed E-state index contributed by atoms with van der Waals surface area (Å²) in [4.78, 5) is 28.2. The minimum atomic E-state index is -1.80. The number of aliphatic hydroxyl groups is 1. The Hall–Kier alpha value is -3.63. The van der Waals surface area contributed by atoms with E-state index in [0.717, 1.165) is 30.0 Å². The number of hydrogen-bond donors (Lipinski definition) is 3. The summed E-state index contributed by atoms with van der Waals surface area (Å²) in [5, 5.41) is 27.5. The standard InChI is InChI=1S/C30H38F2N4O4/c1-3-10-35(11-4-2)28(38)23-16-30(29(33)39,20-36(40)19-23)26(14-22-12-24(31)15-25(32)13-22)27(37)18-34-17-21-8-6-5-7-9-21/h5-9,12-13,15-16,19,26-27,34,37H,3-4,10-11,14,17-18,20H2,1-2H3,(H2,33,39)/t26-,27+,30?/m1/s1. The molecule has 1 aliphatic heterocycles. The van der Waals surface area contributed by atoms with Gasteiger partial charge in [0.2, 0.25) is 5.91 Å². The summed E-state index contributed by atoms with van der Waals surface area (Å²) in [6.07, 6.45) is 2.43. The Morgan fingerprint density at radius 2 is 1.73 bits per heavy atom. The van der Waals surface area contributed by atoms with Gasteiger partial charge in [0, 0.05) is 38.2 Å². The van der Waals surface area contributed by atoms with Gasteiger partial charge in [-0.1, -0.05) is 44.2 Å². The van der Waals surface area contributed by atoms with Crippen molar-refractivity contribution in [2.75, 3.05) is 26.2 Å². The Labute approximate surface area is 233 Å². The van der Waals surface area contributed by atoms with Crippen LogP contribution in [0.1, 0.15) is 37.8 Å². The molecule has 0 saturated carbocycles. The Morgan fingerprint density at radius 3 is 2.30 bits per heavy atom. The van der Waals surface area contributed by atoms with Crippen LogP contribution in [0.25, 0.3) is 0 Å². The molecule has 0 fully saturated rings. The fourth-order valence-corrected chi connectivity index (χ4v) is 5.28. The number of hydroxylamine groups is 1. The van der Waals surface area contributed by atoms with E-state index in [1.807, 2.05) is 44.2 Å². The molecule has 8 nitrogen and oxygen atoms in total. The summed E-state index contributed by atoms with van der Waals surface area (Å²) in [5.74, 6) is -4.08. The van der Waals surface area contributed by atoms with E-state index in [4.69, 9.17) is 5.73 Å². The molecule has 3 rings (SSSR count). The second kappa shape index (κ2) is 14.1. The van der Waals surface area contributed by atoms with E-state index in [0.29, 0.717) is 37.2 Å². The lowest BCUT2D eigenvalue weighted by Crippen LogP contribution is -2.55. The lowest BCUT2D eigenvalue weighted by atomic mass is 9.67. The van der Waals surface area contributed by atoms with Gasteiger partial charge >= 0.3 is 0 Å². The summed E-state index contributed by atoms with van der Waals surface area (Å²) >= 11 is 0. The highest BCUT2D eigenvalue weighted by Crippen LogP contribution is 2.38. The summed E-state index contributed by atoms with van der Waals surface area (Å²) in [7, 11) is 0. The fraction of sp³-hybridized carbons (Fsp3) is 0.433. The maximum Gasteiger partial charge on any atom is 0.259 e. The van der Waals surface area contributed by atoms with E-state index in [1.165, 1.54) is 6.08 Å².